The number of carbonyl (C=O) groups excluding carboxylic acids is 2. The Kier molecular flexibility index (Phi) is 3.39. The summed E-state index contributed by atoms with van der Waals surface area (Å²) in [6.45, 7) is 0. The summed E-state index contributed by atoms with van der Waals surface area (Å²) in [6.07, 6.45) is 0.882. The van der Waals surface area contributed by atoms with E-state index in [0.29, 0.717) is 5.69 Å². The van der Waals surface area contributed by atoms with Crippen LogP contribution in [0.15, 0.2) is 24.3 Å². The molecule has 1 aromatic rings. The van der Waals surface area contributed by atoms with Gasteiger partial charge in [-0.2, -0.15) is 0 Å². The number of fused-ring (bicyclic) bond motifs is 5. The standard InChI is InChI=1S/C15H12Br2N2O4/c16-12-8-5-9(13(12)17)11-10(8)14(20)18(15(11)21)6-1-3-7(4-2-6)19(22)23/h1-4,8-13H,5H2/t8-,9+,10+,11-,12+,13-. The van der Waals surface area contributed by atoms with E-state index in [0.717, 1.165) is 6.42 Å². The summed E-state index contributed by atoms with van der Waals surface area (Å²) in [5.74, 6) is -0.583. The highest BCUT2D eigenvalue weighted by molar-refractivity contribution is 9.12. The van der Waals surface area contributed by atoms with Crippen molar-refractivity contribution < 1.29 is 14.5 Å². The van der Waals surface area contributed by atoms with Crippen LogP contribution in [0.4, 0.5) is 11.4 Å². The number of anilines is 1. The van der Waals surface area contributed by atoms with Gasteiger partial charge in [0, 0.05) is 21.8 Å². The molecule has 1 heterocycles. The first-order valence-corrected chi connectivity index (χ1v) is 9.15. The van der Waals surface area contributed by atoms with Gasteiger partial charge in [0.25, 0.3) is 5.69 Å². The maximum atomic E-state index is 12.8. The normalized spacial score (nSPS) is 38.3. The second-order valence-electron chi connectivity index (χ2n) is 6.29. The fourth-order valence-corrected chi connectivity index (χ4v) is 6.20. The number of amides is 2. The molecular weight excluding hydrogens is 432 g/mol. The summed E-state index contributed by atoms with van der Waals surface area (Å²) in [4.78, 5) is 37.4. The lowest BCUT2D eigenvalue weighted by Crippen LogP contribution is -2.37. The summed E-state index contributed by atoms with van der Waals surface area (Å²) >= 11 is 7.28. The second kappa shape index (κ2) is 5.11. The lowest BCUT2D eigenvalue weighted by atomic mass is 9.81. The lowest BCUT2D eigenvalue weighted by Gasteiger charge is -2.28. The fourth-order valence-electron chi connectivity index (χ4n) is 4.33. The molecule has 3 fully saturated rings. The van der Waals surface area contributed by atoms with E-state index in [2.05, 4.69) is 31.9 Å². The minimum Gasteiger partial charge on any atom is -0.274 e. The number of hydrogen-bond acceptors (Lipinski definition) is 4. The first kappa shape index (κ1) is 15.3. The third-order valence-corrected chi connectivity index (χ3v) is 8.51. The monoisotopic (exact) mass is 442 g/mol. The molecule has 6 atom stereocenters. The Hall–Kier alpha value is -1.28. The van der Waals surface area contributed by atoms with E-state index in [1.54, 1.807) is 0 Å². The molecule has 0 unspecified atom stereocenters. The smallest absolute Gasteiger partial charge is 0.269 e. The van der Waals surface area contributed by atoms with Crippen molar-refractivity contribution in [3.05, 3.63) is 34.4 Å². The number of nitro groups is 1. The SMILES string of the molecule is O=C1[C@@H]2[C@@H]3C[C@@H]([C@H](Br)[C@@H]3Br)[C@@H]2C(=O)N1c1ccc([N+](=O)[O-])cc1. The number of carbonyl (C=O) groups is 2. The van der Waals surface area contributed by atoms with Gasteiger partial charge in [-0.3, -0.25) is 24.6 Å². The van der Waals surface area contributed by atoms with E-state index in [-0.39, 0.29) is 50.8 Å². The minimum absolute atomic E-state index is 0.0610. The van der Waals surface area contributed by atoms with Gasteiger partial charge in [0.15, 0.2) is 0 Å². The number of alkyl halides is 2. The van der Waals surface area contributed by atoms with Crippen molar-refractivity contribution in [1.82, 2.24) is 0 Å². The Morgan fingerprint density at radius 1 is 1.00 bits per heavy atom. The quantitative estimate of drug-likeness (QED) is 0.304. The maximum Gasteiger partial charge on any atom is 0.269 e. The highest BCUT2D eigenvalue weighted by Gasteiger charge is 2.66. The highest BCUT2D eigenvalue weighted by atomic mass is 79.9. The first-order valence-electron chi connectivity index (χ1n) is 7.32. The molecule has 23 heavy (non-hydrogen) atoms. The Morgan fingerprint density at radius 3 is 1.91 bits per heavy atom. The highest BCUT2D eigenvalue weighted by Crippen LogP contribution is 2.60. The van der Waals surface area contributed by atoms with E-state index < -0.39 is 4.92 Å². The molecule has 2 amide bonds. The fraction of sp³-hybridized carbons (Fsp3) is 0.467. The van der Waals surface area contributed by atoms with Gasteiger partial charge in [0.05, 0.1) is 22.4 Å². The average molecular weight is 444 g/mol. The third kappa shape index (κ3) is 1.97. The zero-order valence-corrected chi connectivity index (χ0v) is 14.9. The Bertz CT molecular complexity index is 691. The first-order chi connectivity index (χ1) is 10.9. The summed E-state index contributed by atoms with van der Waals surface area (Å²) in [5.41, 5.74) is 0.353. The molecule has 2 aliphatic carbocycles. The van der Waals surface area contributed by atoms with Crippen LogP contribution in [0.3, 0.4) is 0 Å². The van der Waals surface area contributed by atoms with Crippen LogP contribution in [-0.4, -0.2) is 26.4 Å². The average Bonchev–Trinajstić information content (AvgIpc) is 3.12. The zero-order valence-electron chi connectivity index (χ0n) is 11.8. The number of rotatable bonds is 2. The second-order valence-corrected chi connectivity index (χ2v) is 8.40. The van der Waals surface area contributed by atoms with Gasteiger partial charge in [-0.05, 0) is 30.4 Å². The van der Waals surface area contributed by atoms with Gasteiger partial charge in [0.2, 0.25) is 11.8 Å². The van der Waals surface area contributed by atoms with Gasteiger partial charge >= 0.3 is 0 Å². The van der Waals surface area contributed by atoms with Crippen LogP contribution in [0.2, 0.25) is 0 Å². The summed E-state index contributed by atoms with van der Waals surface area (Å²) in [5, 5.41) is 10.7. The largest absolute Gasteiger partial charge is 0.274 e. The van der Waals surface area contributed by atoms with Crippen LogP contribution in [0.1, 0.15) is 6.42 Å². The number of halogens is 2. The molecule has 4 rings (SSSR count). The van der Waals surface area contributed by atoms with Crippen molar-refractivity contribution in [2.75, 3.05) is 4.90 Å². The van der Waals surface area contributed by atoms with Crippen molar-refractivity contribution >= 4 is 55.0 Å². The van der Waals surface area contributed by atoms with E-state index in [1.807, 2.05) is 0 Å². The number of hydrogen-bond donors (Lipinski definition) is 0. The lowest BCUT2D eigenvalue weighted by molar-refractivity contribution is -0.384. The molecule has 0 N–H and O–H groups in total. The molecule has 1 aromatic carbocycles. The predicted octanol–water partition coefficient (Wildman–Crippen LogP) is 2.88. The van der Waals surface area contributed by atoms with Crippen LogP contribution < -0.4 is 4.90 Å². The van der Waals surface area contributed by atoms with Crippen LogP contribution in [0.5, 0.6) is 0 Å². The summed E-state index contributed by atoms with van der Waals surface area (Å²) in [7, 11) is 0. The number of benzene rings is 1. The number of nitrogens with zero attached hydrogens (tertiary/aromatic N) is 2. The number of non-ortho nitro benzene ring substituents is 1. The van der Waals surface area contributed by atoms with Crippen LogP contribution in [0.25, 0.3) is 0 Å². The molecule has 8 heteroatoms. The zero-order chi connectivity index (χ0) is 16.5. The van der Waals surface area contributed by atoms with Gasteiger partial charge in [-0.1, -0.05) is 31.9 Å². The predicted molar refractivity (Wildman–Crippen MR) is 89.6 cm³/mol. The molecule has 0 radical (unpaired) electrons. The van der Waals surface area contributed by atoms with E-state index in [4.69, 9.17) is 0 Å². The van der Waals surface area contributed by atoms with Crippen molar-refractivity contribution in [3.8, 4) is 0 Å². The molecule has 6 nitrogen and oxygen atoms in total. The summed E-state index contributed by atoms with van der Waals surface area (Å²) < 4.78 is 0. The van der Waals surface area contributed by atoms with Crippen molar-refractivity contribution in [2.45, 2.75) is 16.1 Å². The Morgan fingerprint density at radius 2 is 1.48 bits per heavy atom. The number of imide groups is 1. The molecule has 0 spiro atoms. The molecule has 3 aliphatic rings. The topological polar surface area (TPSA) is 80.5 Å². The van der Waals surface area contributed by atoms with Crippen molar-refractivity contribution in [3.63, 3.8) is 0 Å². The third-order valence-electron chi connectivity index (χ3n) is 5.31. The molecule has 120 valence electrons. The van der Waals surface area contributed by atoms with Crippen LogP contribution in [-0.2, 0) is 9.59 Å². The summed E-state index contributed by atoms with van der Waals surface area (Å²) in [6, 6.07) is 5.57. The van der Waals surface area contributed by atoms with E-state index in [1.165, 1.54) is 29.2 Å². The number of nitro benzene ring substituents is 1. The van der Waals surface area contributed by atoms with Gasteiger partial charge < -0.3 is 0 Å². The molecule has 2 saturated carbocycles. The van der Waals surface area contributed by atoms with Gasteiger partial charge in [-0.15, -0.1) is 0 Å². The molecule has 1 aliphatic heterocycles. The van der Waals surface area contributed by atoms with Gasteiger partial charge in [-0.25, -0.2) is 0 Å². The molecule has 0 aromatic heterocycles. The van der Waals surface area contributed by atoms with Gasteiger partial charge in [0.1, 0.15) is 0 Å². The van der Waals surface area contributed by atoms with E-state index >= 15 is 0 Å². The Balaban J connectivity index is 1.68. The van der Waals surface area contributed by atoms with Crippen LogP contribution in [0, 0.1) is 33.8 Å². The minimum atomic E-state index is -0.503. The Labute approximate surface area is 148 Å². The molecular formula is C15H12Br2N2O4. The van der Waals surface area contributed by atoms with Crippen molar-refractivity contribution in [1.29, 1.82) is 0 Å². The van der Waals surface area contributed by atoms with Crippen LogP contribution >= 0.6 is 31.9 Å². The molecule has 2 bridgehead atoms. The maximum absolute atomic E-state index is 12.8. The molecule has 1 saturated heterocycles. The van der Waals surface area contributed by atoms with E-state index in [9.17, 15) is 19.7 Å². The van der Waals surface area contributed by atoms with Crippen molar-refractivity contribution in [2.24, 2.45) is 23.7 Å².